The molecule has 0 radical (unpaired) electrons. The first-order valence-corrected chi connectivity index (χ1v) is 7.18. The van der Waals surface area contributed by atoms with E-state index in [1.54, 1.807) is 18.6 Å². The maximum Gasteiger partial charge on any atom is 0.251 e. The molecule has 0 saturated heterocycles. The summed E-state index contributed by atoms with van der Waals surface area (Å²) in [5.74, 6) is -0.0903. The van der Waals surface area contributed by atoms with E-state index in [2.05, 4.69) is 10.3 Å². The predicted octanol–water partition coefficient (Wildman–Crippen LogP) is 1.53. The van der Waals surface area contributed by atoms with Crippen molar-refractivity contribution in [2.45, 2.75) is 19.4 Å². The lowest BCUT2D eigenvalue weighted by atomic mass is 10.0. The molecule has 1 aromatic heterocycles. The van der Waals surface area contributed by atoms with Crippen LogP contribution in [0.15, 0.2) is 43.0 Å². The number of aryl methyl sites for hydroxylation is 1. The van der Waals surface area contributed by atoms with Gasteiger partial charge in [0.2, 0.25) is 0 Å². The van der Waals surface area contributed by atoms with E-state index in [9.17, 15) is 4.79 Å². The molecule has 21 heavy (non-hydrogen) atoms. The second kappa shape index (κ2) is 7.54. The number of rotatable bonds is 7. The summed E-state index contributed by atoms with van der Waals surface area (Å²) in [6.07, 6.45) is 6.69. The Bertz CT molecular complexity index is 610. The summed E-state index contributed by atoms with van der Waals surface area (Å²) in [7, 11) is 0. The van der Waals surface area contributed by atoms with E-state index in [-0.39, 0.29) is 5.91 Å². The number of carbonyl (C=O) groups is 1. The van der Waals surface area contributed by atoms with Crippen molar-refractivity contribution in [1.29, 1.82) is 0 Å². The average Bonchev–Trinajstić information content (AvgIpc) is 2.96. The van der Waals surface area contributed by atoms with Crippen LogP contribution in [0.2, 0.25) is 0 Å². The van der Waals surface area contributed by atoms with E-state index in [4.69, 9.17) is 18.0 Å². The maximum atomic E-state index is 12.2. The first-order valence-electron chi connectivity index (χ1n) is 6.77. The molecular weight excluding hydrogens is 284 g/mol. The number of amides is 1. The van der Waals surface area contributed by atoms with E-state index < -0.39 is 0 Å². The second-order valence-electron chi connectivity index (χ2n) is 4.71. The van der Waals surface area contributed by atoms with Crippen LogP contribution in [0.1, 0.15) is 22.3 Å². The van der Waals surface area contributed by atoms with Gasteiger partial charge in [0, 0.05) is 37.5 Å². The van der Waals surface area contributed by atoms with Crippen LogP contribution in [0.3, 0.4) is 0 Å². The Labute approximate surface area is 129 Å². The van der Waals surface area contributed by atoms with Crippen LogP contribution >= 0.6 is 12.2 Å². The van der Waals surface area contributed by atoms with Crippen molar-refractivity contribution in [1.82, 2.24) is 14.9 Å². The molecule has 1 heterocycles. The van der Waals surface area contributed by atoms with Crippen molar-refractivity contribution >= 4 is 23.1 Å². The number of thiocarbonyl (C=S) groups is 1. The summed E-state index contributed by atoms with van der Waals surface area (Å²) in [5, 5.41) is 2.92. The van der Waals surface area contributed by atoms with Gasteiger partial charge < -0.3 is 15.6 Å². The number of imidazole rings is 1. The fourth-order valence-corrected chi connectivity index (χ4v) is 2.22. The summed E-state index contributed by atoms with van der Waals surface area (Å²) in [5.41, 5.74) is 7.05. The van der Waals surface area contributed by atoms with Crippen LogP contribution in [-0.2, 0) is 13.0 Å². The van der Waals surface area contributed by atoms with Gasteiger partial charge in [-0.3, -0.25) is 4.79 Å². The standard InChI is InChI=1S/C15H18N4OS/c16-14(21)10-12-4-1-2-5-13(12)15(20)18-6-3-8-19-9-7-17-11-19/h1-2,4-5,7,9,11H,3,6,8,10H2,(H2,16,21)(H,18,20). The van der Waals surface area contributed by atoms with Gasteiger partial charge in [-0.2, -0.15) is 0 Å². The van der Waals surface area contributed by atoms with Gasteiger partial charge in [0.05, 0.1) is 11.3 Å². The molecule has 0 aliphatic rings. The minimum atomic E-state index is -0.0903. The summed E-state index contributed by atoms with van der Waals surface area (Å²) >= 11 is 4.91. The first-order chi connectivity index (χ1) is 10.2. The van der Waals surface area contributed by atoms with Crippen molar-refractivity contribution < 1.29 is 4.79 Å². The number of hydrogen-bond donors (Lipinski definition) is 2. The fraction of sp³-hybridized carbons (Fsp3) is 0.267. The van der Waals surface area contributed by atoms with Gasteiger partial charge in [-0.05, 0) is 18.1 Å². The Balaban J connectivity index is 1.86. The van der Waals surface area contributed by atoms with Crippen molar-refractivity contribution in [3.63, 3.8) is 0 Å². The van der Waals surface area contributed by atoms with Gasteiger partial charge in [0.1, 0.15) is 0 Å². The molecule has 1 aromatic carbocycles. The first kappa shape index (κ1) is 15.2. The van der Waals surface area contributed by atoms with E-state index >= 15 is 0 Å². The monoisotopic (exact) mass is 302 g/mol. The number of hydrogen-bond acceptors (Lipinski definition) is 3. The number of benzene rings is 1. The molecule has 6 heteroatoms. The van der Waals surface area contributed by atoms with Crippen LogP contribution in [0.5, 0.6) is 0 Å². The van der Waals surface area contributed by atoms with Crippen molar-refractivity contribution in [3.05, 3.63) is 54.1 Å². The molecular formula is C15H18N4OS. The highest BCUT2D eigenvalue weighted by Crippen LogP contribution is 2.09. The van der Waals surface area contributed by atoms with Gasteiger partial charge in [-0.25, -0.2) is 4.98 Å². The van der Waals surface area contributed by atoms with Crippen molar-refractivity contribution in [2.75, 3.05) is 6.54 Å². The lowest BCUT2D eigenvalue weighted by Gasteiger charge is -2.10. The molecule has 0 fully saturated rings. The third-order valence-corrected chi connectivity index (χ3v) is 3.21. The van der Waals surface area contributed by atoms with Crippen LogP contribution in [-0.4, -0.2) is 27.0 Å². The Morgan fingerprint density at radius 2 is 2.19 bits per heavy atom. The quantitative estimate of drug-likeness (QED) is 0.601. The number of carbonyl (C=O) groups excluding carboxylic acids is 1. The fourth-order valence-electron chi connectivity index (χ4n) is 2.06. The summed E-state index contributed by atoms with van der Waals surface area (Å²) in [6, 6.07) is 7.38. The lowest BCUT2D eigenvalue weighted by Crippen LogP contribution is -2.27. The van der Waals surface area contributed by atoms with Crippen LogP contribution < -0.4 is 11.1 Å². The Morgan fingerprint density at radius 1 is 1.38 bits per heavy atom. The molecule has 2 aromatic rings. The zero-order chi connectivity index (χ0) is 15.1. The second-order valence-corrected chi connectivity index (χ2v) is 5.23. The Kier molecular flexibility index (Phi) is 5.45. The largest absolute Gasteiger partial charge is 0.393 e. The molecule has 5 nitrogen and oxygen atoms in total. The maximum absolute atomic E-state index is 12.2. The van der Waals surface area contributed by atoms with Crippen LogP contribution in [0, 0.1) is 0 Å². The minimum Gasteiger partial charge on any atom is -0.393 e. The van der Waals surface area contributed by atoms with E-state index in [1.165, 1.54) is 0 Å². The van der Waals surface area contributed by atoms with Gasteiger partial charge in [0.25, 0.3) is 5.91 Å². The molecule has 3 N–H and O–H groups in total. The summed E-state index contributed by atoms with van der Waals surface area (Å²) in [6.45, 7) is 1.44. The molecule has 0 atom stereocenters. The zero-order valence-electron chi connectivity index (χ0n) is 11.7. The SMILES string of the molecule is NC(=S)Cc1ccccc1C(=O)NCCCn1ccnc1. The number of nitrogens with zero attached hydrogens (tertiary/aromatic N) is 2. The van der Waals surface area contributed by atoms with Crippen LogP contribution in [0.25, 0.3) is 0 Å². The highest BCUT2D eigenvalue weighted by molar-refractivity contribution is 7.80. The highest BCUT2D eigenvalue weighted by atomic mass is 32.1. The third-order valence-electron chi connectivity index (χ3n) is 3.06. The summed E-state index contributed by atoms with van der Waals surface area (Å²) in [4.78, 5) is 16.6. The topological polar surface area (TPSA) is 72.9 Å². The molecule has 1 amide bonds. The molecule has 0 saturated carbocycles. The molecule has 0 unspecified atom stereocenters. The minimum absolute atomic E-state index is 0.0903. The third kappa shape index (κ3) is 4.68. The predicted molar refractivity (Wildman–Crippen MR) is 86.1 cm³/mol. The van der Waals surface area contributed by atoms with Crippen molar-refractivity contribution in [2.24, 2.45) is 5.73 Å². The van der Waals surface area contributed by atoms with Crippen molar-refractivity contribution in [3.8, 4) is 0 Å². The van der Waals surface area contributed by atoms with Gasteiger partial charge in [-0.1, -0.05) is 30.4 Å². The number of nitrogens with two attached hydrogens (primary N) is 1. The molecule has 0 spiro atoms. The average molecular weight is 302 g/mol. The zero-order valence-corrected chi connectivity index (χ0v) is 12.5. The molecule has 0 aliphatic heterocycles. The number of aromatic nitrogens is 2. The normalized spacial score (nSPS) is 10.3. The van der Waals surface area contributed by atoms with E-state index in [0.717, 1.165) is 18.5 Å². The number of nitrogens with one attached hydrogen (secondary N) is 1. The Morgan fingerprint density at radius 3 is 2.90 bits per heavy atom. The molecule has 0 bridgehead atoms. The molecule has 2 rings (SSSR count). The van der Waals surface area contributed by atoms with Gasteiger partial charge in [-0.15, -0.1) is 0 Å². The summed E-state index contributed by atoms with van der Waals surface area (Å²) < 4.78 is 1.98. The van der Waals surface area contributed by atoms with Gasteiger partial charge in [0.15, 0.2) is 0 Å². The lowest BCUT2D eigenvalue weighted by molar-refractivity contribution is 0.0952. The van der Waals surface area contributed by atoms with Gasteiger partial charge >= 0.3 is 0 Å². The van der Waals surface area contributed by atoms with E-state index in [0.29, 0.717) is 23.5 Å². The van der Waals surface area contributed by atoms with E-state index in [1.807, 2.05) is 29.0 Å². The smallest absolute Gasteiger partial charge is 0.251 e. The molecule has 0 aliphatic carbocycles. The highest BCUT2D eigenvalue weighted by Gasteiger charge is 2.10. The molecule has 110 valence electrons. The Hall–Kier alpha value is -2.21. The van der Waals surface area contributed by atoms with Crippen LogP contribution in [0.4, 0.5) is 0 Å².